The van der Waals surface area contributed by atoms with E-state index >= 15 is 0 Å². The molecule has 0 radical (unpaired) electrons. The lowest BCUT2D eigenvalue weighted by atomic mass is 10.1. The van der Waals surface area contributed by atoms with Crippen LogP contribution in [-0.4, -0.2) is 9.55 Å². The third-order valence-electron chi connectivity index (χ3n) is 4.35. The lowest BCUT2D eigenvalue weighted by Gasteiger charge is -2.21. The zero-order valence-electron chi connectivity index (χ0n) is 10.6. The number of aromatic nitrogens is 2. The second kappa shape index (κ2) is 4.20. The normalized spacial score (nSPS) is 19.5. The van der Waals surface area contributed by atoms with Crippen LogP contribution >= 0.6 is 11.6 Å². The summed E-state index contributed by atoms with van der Waals surface area (Å²) in [5.41, 5.74) is 1.78. The standard InChI is InChI=1S/C15H16ClFN2/c16-8-14-18-12-6-5-11(17)7-13(12)19(14)15(9-1-2-9)10-3-4-10/h5-7,9-10,15H,1-4,8H2. The lowest BCUT2D eigenvalue weighted by Crippen LogP contribution is -2.16. The molecule has 0 spiro atoms. The maximum absolute atomic E-state index is 13.6. The van der Waals surface area contributed by atoms with E-state index < -0.39 is 0 Å². The summed E-state index contributed by atoms with van der Waals surface area (Å²) in [6, 6.07) is 5.33. The number of rotatable bonds is 4. The number of alkyl halides is 1. The first-order chi connectivity index (χ1) is 9.28. The number of fused-ring (bicyclic) bond motifs is 1. The molecule has 0 N–H and O–H groups in total. The quantitative estimate of drug-likeness (QED) is 0.764. The van der Waals surface area contributed by atoms with E-state index in [9.17, 15) is 4.39 Å². The minimum Gasteiger partial charge on any atom is -0.323 e. The fourth-order valence-corrected chi connectivity index (χ4v) is 3.41. The lowest BCUT2D eigenvalue weighted by molar-refractivity contribution is 0.395. The molecule has 4 heteroatoms. The average Bonchev–Trinajstić information content (AvgIpc) is 3.29. The molecular weight excluding hydrogens is 263 g/mol. The third-order valence-corrected chi connectivity index (χ3v) is 4.59. The van der Waals surface area contributed by atoms with Gasteiger partial charge in [-0.05, 0) is 55.7 Å². The molecule has 1 heterocycles. The molecule has 0 bridgehead atoms. The first-order valence-electron chi connectivity index (χ1n) is 7.00. The molecule has 2 saturated carbocycles. The zero-order valence-corrected chi connectivity index (χ0v) is 11.4. The van der Waals surface area contributed by atoms with E-state index in [2.05, 4.69) is 9.55 Å². The molecule has 2 nitrogen and oxygen atoms in total. The Bertz CT molecular complexity index is 616. The van der Waals surface area contributed by atoms with Gasteiger partial charge in [0, 0.05) is 6.04 Å². The molecular formula is C15H16ClFN2. The van der Waals surface area contributed by atoms with Gasteiger partial charge >= 0.3 is 0 Å². The van der Waals surface area contributed by atoms with Crippen molar-refractivity contribution < 1.29 is 4.39 Å². The number of halogens is 2. The van der Waals surface area contributed by atoms with Crippen molar-refractivity contribution in [1.82, 2.24) is 9.55 Å². The van der Waals surface area contributed by atoms with Gasteiger partial charge in [-0.2, -0.15) is 0 Å². The monoisotopic (exact) mass is 278 g/mol. The molecule has 0 saturated heterocycles. The van der Waals surface area contributed by atoms with E-state index in [1.165, 1.54) is 31.7 Å². The summed E-state index contributed by atoms with van der Waals surface area (Å²) in [4.78, 5) is 4.58. The maximum atomic E-state index is 13.6. The summed E-state index contributed by atoms with van der Waals surface area (Å²) in [5.74, 6) is 2.59. The van der Waals surface area contributed by atoms with Crippen molar-refractivity contribution in [2.24, 2.45) is 11.8 Å². The topological polar surface area (TPSA) is 17.8 Å². The maximum Gasteiger partial charge on any atom is 0.125 e. The van der Waals surface area contributed by atoms with Gasteiger partial charge in [-0.1, -0.05) is 0 Å². The molecule has 2 aliphatic carbocycles. The van der Waals surface area contributed by atoms with Gasteiger partial charge in [0.2, 0.25) is 0 Å². The van der Waals surface area contributed by atoms with Gasteiger partial charge in [0.05, 0.1) is 16.9 Å². The van der Waals surface area contributed by atoms with Crippen LogP contribution < -0.4 is 0 Å². The van der Waals surface area contributed by atoms with E-state index in [1.54, 1.807) is 12.1 Å². The molecule has 0 aliphatic heterocycles. The summed E-state index contributed by atoms with van der Waals surface area (Å²) in [7, 11) is 0. The van der Waals surface area contributed by atoms with Crippen LogP contribution in [0.1, 0.15) is 37.5 Å². The molecule has 1 aromatic heterocycles. The number of hydrogen-bond donors (Lipinski definition) is 0. The van der Waals surface area contributed by atoms with Crippen molar-refractivity contribution in [3.63, 3.8) is 0 Å². The predicted octanol–water partition coefficient (Wildman–Crippen LogP) is 4.28. The Morgan fingerprint density at radius 1 is 1.26 bits per heavy atom. The van der Waals surface area contributed by atoms with E-state index in [0.717, 1.165) is 28.7 Å². The first kappa shape index (κ1) is 11.7. The second-order valence-electron chi connectivity index (χ2n) is 5.83. The summed E-state index contributed by atoms with van der Waals surface area (Å²) in [6.07, 6.45) is 5.16. The van der Waals surface area contributed by atoms with Crippen LogP contribution in [0.4, 0.5) is 4.39 Å². The Morgan fingerprint density at radius 2 is 1.95 bits per heavy atom. The fourth-order valence-electron chi connectivity index (χ4n) is 3.23. The van der Waals surface area contributed by atoms with Gasteiger partial charge in [-0.15, -0.1) is 11.6 Å². The average molecular weight is 279 g/mol. The van der Waals surface area contributed by atoms with Gasteiger partial charge in [0.25, 0.3) is 0 Å². The first-order valence-corrected chi connectivity index (χ1v) is 7.53. The van der Waals surface area contributed by atoms with Crippen molar-refractivity contribution >= 4 is 22.6 Å². The van der Waals surface area contributed by atoms with E-state index in [4.69, 9.17) is 11.6 Å². The van der Waals surface area contributed by atoms with Crippen LogP contribution in [0.15, 0.2) is 18.2 Å². The van der Waals surface area contributed by atoms with Crippen LogP contribution in [-0.2, 0) is 5.88 Å². The number of imidazole rings is 1. The molecule has 100 valence electrons. The van der Waals surface area contributed by atoms with Crippen LogP contribution in [0, 0.1) is 17.7 Å². The Labute approximate surface area is 116 Å². The van der Waals surface area contributed by atoms with E-state index in [0.29, 0.717) is 11.9 Å². The summed E-state index contributed by atoms with van der Waals surface area (Å²) in [6.45, 7) is 0. The Morgan fingerprint density at radius 3 is 2.53 bits per heavy atom. The zero-order chi connectivity index (χ0) is 13.0. The fraction of sp³-hybridized carbons (Fsp3) is 0.533. The molecule has 0 atom stereocenters. The molecule has 4 rings (SSSR count). The number of hydrogen-bond acceptors (Lipinski definition) is 1. The third kappa shape index (κ3) is 1.95. The van der Waals surface area contributed by atoms with E-state index in [1.807, 2.05) is 0 Å². The van der Waals surface area contributed by atoms with Crippen molar-refractivity contribution in [1.29, 1.82) is 0 Å². The second-order valence-corrected chi connectivity index (χ2v) is 6.10. The van der Waals surface area contributed by atoms with Crippen LogP contribution in [0.3, 0.4) is 0 Å². The van der Waals surface area contributed by atoms with E-state index in [-0.39, 0.29) is 5.82 Å². The summed E-state index contributed by atoms with van der Waals surface area (Å²) < 4.78 is 15.8. The van der Waals surface area contributed by atoms with Crippen molar-refractivity contribution in [3.05, 3.63) is 29.8 Å². The Balaban J connectivity index is 1.91. The van der Waals surface area contributed by atoms with Crippen molar-refractivity contribution in [2.45, 2.75) is 37.6 Å². The molecule has 1 aromatic carbocycles. The molecule has 2 aliphatic rings. The number of benzene rings is 1. The Hall–Kier alpha value is -1.09. The van der Waals surface area contributed by atoms with Gasteiger partial charge in [-0.3, -0.25) is 0 Å². The largest absolute Gasteiger partial charge is 0.323 e. The minimum atomic E-state index is -0.194. The highest BCUT2D eigenvalue weighted by atomic mass is 35.5. The highest BCUT2D eigenvalue weighted by Crippen LogP contribution is 2.53. The Kier molecular flexibility index (Phi) is 2.59. The highest BCUT2D eigenvalue weighted by Gasteiger charge is 2.43. The van der Waals surface area contributed by atoms with Crippen molar-refractivity contribution in [3.8, 4) is 0 Å². The molecule has 0 unspecified atom stereocenters. The van der Waals surface area contributed by atoms with Gasteiger partial charge in [0.15, 0.2) is 0 Å². The summed E-state index contributed by atoms with van der Waals surface area (Å²) in [5, 5.41) is 0. The SMILES string of the molecule is Fc1ccc2nc(CCl)n(C(C3CC3)C3CC3)c2c1. The smallest absolute Gasteiger partial charge is 0.125 e. The highest BCUT2D eigenvalue weighted by molar-refractivity contribution is 6.16. The van der Waals surface area contributed by atoms with Crippen molar-refractivity contribution in [2.75, 3.05) is 0 Å². The van der Waals surface area contributed by atoms with Crippen LogP contribution in [0.25, 0.3) is 11.0 Å². The minimum absolute atomic E-state index is 0.194. The van der Waals surface area contributed by atoms with Crippen LogP contribution in [0.5, 0.6) is 0 Å². The molecule has 19 heavy (non-hydrogen) atoms. The predicted molar refractivity (Wildman–Crippen MR) is 73.7 cm³/mol. The van der Waals surface area contributed by atoms with Gasteiger partial charge in [0.1, 0.15) is 11.6 Å². The molecule has 0 amide bonds. The molecule has 2 fully saturated rings. The number of nitrogens with zero attached hydrogens (tertiary/aromatic N) is 2. The van der Waals surface area contributed by atoms with Gasteiger partial charge < -0.3 is 4.57 Å². The summed E-state index contributed by atoms with van der Waals surface area (Å²) >= 11 is 6.06. The van der Waals surface area contributed by atoms with Crippen LogP contribution in [0.2, 0.25) is 0 Å². The molecule has 2 aromatic rings. The van der Waals surface area contributed by atoms with Gasteiger partial charge in [-0.25, -0.2) is 9.37 Å².